The molecule has 0 amide bonds. The van der Waals surface area contributed by atoms with Crippen LogP contribution in [0.4, 0.5) is 0 Å². The molecule has 0 spiro atoms. The number of rotatable bonds is 7. The van der Waals surface area contributed by atoms with Gasteiger partial charge in [0.15, 0.2) is 5.78 Å². The Labute approximate surface area is 76.7 Å². The van der Waals surface area contributed by atoms with Crippen LogP contribution in [0.3, 0.4) is 0 Å². The van der Waals surface area contributed by atoms with E-state index in [2.05, 4.69) is 16.4 Å². The van der Waals surface area contributed by atoms with Crippen LogP contribution in [0.5, 0.6) is 0 Å². The molecule has 0 aliphatic carbocycles. The van der Waals surface area contributed by atoms with Crippen molar-refractivity contribution in [2.75, 3.05) is 19.9 Å². The van der Waals surface area contributed by atoms with Crippen LogP contribution in [0.25, 0.3) is 0 Å². The molecule has 0 rings (SSSR count). The Hall–Kier alpha value is -1.23. The molecule has 0 saturated carbocycles. The predicted octanol–water partition coefficient (Wildman–Crippen LogP) is 0.183. The van der Waals surface area contributed by atoms with Crippen LogP contribution in [0.15, 0.2) is 4.99 Å². The van der Waals surface area contributed by atoms with Gasteiger partial charge in [0.25, 0.3) is 0 Å². The first-order valence-electron chi connectivity index (χ1n) is 3.88. The van der Waals surface area contributed by atoms with Crippen molar-refractivity contribution < 1.29 is 19.1 Å². The fourth-order valence-electron chi connectivity index (χ4n) is 0.648. The zero-order valence-corrected chi connectivity index (χ0v) is 7.62. The third-order valence-corrected chi connectivity index (χ3v) is 1.09. The van der Waals surface area contributed by atoms with E-state index in [0.29, 0.717) is 0 Å². The van der Waals surface area contributed by atoms with E-state index < -0.39 is 5.97 Å². The second-order valence-corrected chi connectivity index (χ2v) is 2.22. The lowest BCUT2D eigenvalue weighted by Crippen LogP contribution is -2.15. The normalized spacial score (nSPS) is 9.31. The molecule has 0 aromatic rings. The quantitative estimate of drug-likeness (QED) is 0.247. The summed E-state index contributed by atoms with van der Waals surface area (Å²) in [5, 5.41) is 0. The van der Waals surface area contributed by atoms with E-state index in [0.717, 1.165) is 0 Å². The number of Topliss-reactive ketones (excluding diaryl/α,β-unsaturated/α-hetero) is 1. The number of hydrogen-bond donors (Lipinski definition) is 0. The van der Waals surface area contributed by atoms with E-state index in [9.17, 15) is 9.59 Å². The highest BCUT2D eigenvalue weighted by molar-refractivity contribution is 5.96. The lowest BCUT2D eigenvalue weighted by molar-refractivity contribution is -0.146. The number of ketones is 1. The van der Waals surface area contributed by atoms with Gasteiger partial charge < -0.3 is 9.47 Å². The molecule has 5 heteroatoms. The van der Waals surface area contributed by atoms with E-state index >= 15 is 0 Å². The lowest BCUT2D eigenvalue weighted by atomic mass is 10.3. The molecule has 0 aliphatic rings. The van der Waals surface area contributed by atoms with Crippen molar-refractivity contribution in [1.82, 2.24) is 0 Å². The van der Waals surface area contributed by atoms with Crippen molar-refractivity contribution in [3.63, 3.8) is 0 Å². The number of ether oxygens (including phenoxy) is 2. The zero-order valence-electron chi connectivity index (χ0n) is 7.62. The van der Waals surface area contributed by atoms with Crippen molar-refractivity contribution >= 4 is 18.5 Å². The van der Waals surface area contributed by atoms with Gasteiger partial charge in [-0.25, -0.2) is 0 Å². The Morgan fingerprint density at radius 2 is 2.15 bits per heavy atom. The minimum Gasteiger partial charge on any atom is -0.466 e. The van der Waals surface area contributed by atoms with Gasteiger partial charge in [-0.3, -0.25) is 14.6 Å². The van der Waals surface area contributed by atoms with Crippen LogP contribution >= 0.6 is 0 Å². The number of aliphatic imine (C=N–C) groups is 1. The smallest absolute Gasteiger partial charge is 0.313 e. The average Bonchev–Trinajstić information content (AvgIpc) is 2.05. The molecule has 0 atom stereocenters. The molecule has 0 aromatic carbocycles. The summed E-state index contributed by atoms with van der Waals surface area (Å²) in [7, 11) is 0. The first-order chi connectivity index (χ1) is 6.20. The minimum absolute atomic E-state index is 0.0641. The maximum atomic E-state index is 10.9. The molecule has 0 N–H and O–H groups in total. The highest BCUT2D eigenvalue weighted by Gasteiger charge is 2.09. The second-order valence-electron chi connectivity index (χ2n) is 2.22. The number of carbonyl (C=O) groups is 2. The van der Waals surface area contributed by atoms with E-state index in [-0.39, 0.29) is 32.1 Å². The maximum absolute atomic E-state index is 10.9. The van der Waals surface area contributed by atoms with E-state index in [1.54, 1.807) is 6.92 Å². The Morgan fingerprint density at radius 1 is 1.46 bits per heavy atom. The average molecular weight is 187 g/mol. The van der Waals surface area contributed by atoms with Crippen LogP contribution in [0.1, 0.15) is 13.3 Å². The maximum Gasteiger partial charge on any atom is 0.313 e. The molecule has 74 valence electrons. The predicted molar refractivity (Wildman–Crippen MR) is 46.6 cm³/mol. The van der Waals surface area contributed by atoms with Gasteiger partial charge in [-0.15, -0.1) is 0 Å². The van der Waals surface area contributed by atoms with Gasteiger partial charge in [0.1, 0.15) is 19.8 Å². The molecule has 0 aliphatic heterocycles. The molecule has 0 bridgehead atoms. The number of nitrogens with zero attached hydrogens (tertiary/aromatic N) is 1. The molecule has 0 fully saturated rings. The standard InChI is InChI=1S/C8H13NO4/c1-3-13-8(11)4-7(10)5-12-6-9-2/h2-6H2,1H3. The summed E-state index contributed by atoms with van der Waals surface area (Å²) in [6, 6.07) is 0. The SMILES string of the molecule is C=NCOCC(=O)CC(=O)OCC. The largest absolute Gasteiger partial charge is 0.466 e. The van der Waals surface area contributed by atoms with E-state index in [4.69, 9.17) is 4.74 Å². The summed E-state index contributed by atoms with van der Waals surface area (Å²) in [4.78, 5) is 25.0. The van der Waals surface area contributed by atoms with Gasteiger partial charge in [-0.2, -0.15) is 0 Å². The van der Waals surface area contributed by atoms with Gasteiger partial charge in [0, 0.05) is 0 Å². The van der Waals surface area contributed by atoms with Crippen LogP contribution in [-0.2, 0) is 19.1 Å². The number of esters is 1. The summed E-state index contributed by atoms with van der Waals surface area (Å²) in [6.07, 6.45) is -0.245. The summed E-state index contributed by atoms with van der Waals surface area (Å²) < 4.78 is 9.30. The van der Waals surface area contributed by atoms with Crippen LogP contribution in [0, 0.1) is 0 Å². The molecule has 0 unspecified atom stereocenters. The van der Waals surface area contributed by atoms with Gasteiger partial charge in [0.05, 0.1) is 6.61 Å². The summed E-state index contributed by atoms with van der Waals surface area (Å²) in [6.45, 7) is 5.07. The molecule has 0 aromatic heterocycles. The second kappa shape index (κ2) is 7.42. The highest BCUT2D eigenvalue weighted by atomic mass is 16.5. The van der Waals surface area contributed by atoms with Crippen LogP contribution < -0.4 is 0 Å². The van der Waals surface area contributed by atoms with Gasteiger partial charge in [0.2, 0.25) is 0 Å². The number of hydrogen-bond acceptors (Lipinski definition) is 5. The Bertz CT molecular complexity index is 191. The van der Waals surface area contributed by atoms with Gasteiger partial charge in [-0.1, -0.05) is 0 Å². The first-order valence-corrected chi connectivity index (χ1v) is 3.88. The molecule has 5 nitrogen and oxygen atoms in total. The fourth-order valence-corrected chi connectivity index (χ4v) is 0.648. The van der Waals surface area contributed by atoms with E-state index in [1.165, 1.54) is 0 Å². The fraction of sp³-hybridized carbons (Fsp3) is 0.625. The third kappa shape index (κ3) is 7.14. The Kier molecular flexibility index (Phi) is 6.72. The third-order valence-electron chi connectivity index (χ3n) is 1.09. The van der Waals surface area contributed by atoms with Crippen LogP contribution in [-0.4, -0.2) is 38.4 Å². The minimum atomic E-state index is -0.525. The topological polar surface area (TPSA) is 65.0 Å². The van der Waals surface area contributed by atoms with Crippen LogP contribution in [0.2, 0.25) is 0 Å². The molecule has 0 radical (unpaired) electrons. The molecule has 0 saturated heterocycles. The first kappa shape index (κ1) is 11.8. The lowest BCUT2D eigenvalue weighted by Gasteiger charge is -2.00. The molecule has 13 heavy (non-hydrogen) atoms. The summed E-state index contributed by atoms with van der Waals surface area (Å²) >= 11 is 0. The summed E-state index contributed by atoms with van der Waals surface area (Å²) in [5.74, 6) is -0.843. The summed E-state index contributed by atoms with van der Waals surface area (Å²) in [5.41, 5.74) is 0. The van der Waals surface area contributed by atoms with Crippen molar-refractivity contribution in [2.45, 2.75) is 13.3 Å². The van der Waals surface area contributed by atoms with E-state index in [1.807, 2.05) is 0 Å². The van der Waals surface area contributed by atoms with Crippen molar-refractivity contribution in [1.29, 1.82) is 0 Å². The molecular weight excluding hydrogens is 174 g/mol. The van der Waals surface area contributed by atoms with Crippen molar-refractivity contribution in [3.05, 3.63) is 0 Å². The number of carbonyl (C=O) groups excluding carboxylic acids is 2. The monoisotopic (exact) mass is 187 g/mol. The molecule has 0 heterocycles. The molecular formula is C8H13NO4. The van der Waals surface area contributed by atoms with Gasteiger partial charge >= 0.3 is 5.97 Å². The van der Waals surface area contributed by atoms with Crippen molar-refractivity contribution in [2.24, 2.45) is 4.99 Å². The van der Waals surface area contributed by atoms with Crippen molar-refractivity contribution in [3.8, 4) is 0 Å². The van der Waals surface area contributed by atoms with Gasteiger partial charge in [-0.05, 0) is 13.6 Å². The Balaban J connectivity index is 3.49. The zero-order chi connectivity index (χ0) is 10.1. The highest BCUT2D eigenvalue weighted by Crippen LogP contribution is 1.89. The Morgan fingerprint density at radius 3 is 2.69 bits per heavy atom.